The Morgan fingerprint density at radius 2 is 1.63 bits per heavy atom. The van der Waals surface area contributed by atoms with Crippen molar-refractivity contribution in [1.29, 1.82) is 0 Å². The van der Waals surface area contributed by atoms with Gasteiger partial charge in [0.25, 0.3) is 0 Å². The molecule has 2 aromatic carbocycles. The van der Waals surface area contributed by atoms with E-state index >= 15 is 0 Å². The molecule has 0 radical (unpaired) electrons. The normalized spacial score (nSPS) is 16.3. The summed E-state index contributed by atoms with van der Waals surface area (Å²) in [4.78, 5) is 78.7. The molecule has 2 aliphatic heterocycles. The maximum Gasteiger partial charge on any atom is 0.490 e. The maximum absolute atomic E-state index is 13.0. The Bertz CT molecular complexity index is 3810. The van der Waals surface area contributed by atoms with Crippen molar-refractivity contribution in [2.75, 3.05) is 67.7 Å². The van der Waals surface area contributed by atoms with Crippen molar-refractivity contribution < 1.29 is 110 Å². The number of phosphoric ester groups is 1. The number of urea groups is 1. The Morgan fingerprint density at radius 3 is 2.31 bits per heavy atom. The van der Waals surface area contributed by atoms with Gasteiger partial charge in [0.05, 0.1) is 42.4 Å². The smallest absolute Gasteiger partial charge is 0.478 e. The number of rotatable bonds is 29. The summed E-state index contributed by atoms with van der Waals surface area (Å²) in [6.45, 7) is 6.64. The first kappa shape index (κ1) is 73.7. The molecule has 41 heteroatoms. The molecule has 1 fully saturated rings. The molecule has 14 N–H and O–H groups in total. The van der Waals surface area contributed by atoms with Crippen LogP contribution in [0.5, 0.6) is 0 Å². The summed E-state index contributed by atoms with van der Waals surface area (Å²) < 4.78 is 123. The van der Waals surface area contributed by atoms with E-state index in [1.807, 2.05) is 25.1 Å². The minimum absolute atomic E-state index is 0.0517. The maximum atomic E-state index is 13.0. The molecule has 1 aromatic heterocycles. The quantitative estimate of drug-likeness (QED) is 0.00618. The molecule has 0 saturated carbocycles. The average molecular weight is 1390 g/mol. The number of nitrogens with zero attached hydrogens (tertiary/aromatic N) is 2. The average Bonchev–Trinajstić information content (AvgIpc) is 1.13. The number of nitrogens with one attached hydrogen (secondary N) is 3. The summed E-state index contributed by atoms with van der Waals surface area (Å²) in [5.74, 6) is 6.53. The molecular formula is C46H58N8O24P3S6+. The second-order valence-electron chi connectivity index (χ2n) is 17.3. The molecule has 3 heterocycles. The standard InChI is InChI=1S/C46H57N8O18P3S4.2O3S/c1-3-79(76)27-67-39-23-41(70-40(39)25-68-74(62,63)72-75(64,65)71-73(59,60)61)54-24-30(43(49)53-46(54)58)8-7-16-52-45(57)51-15-5-4-6-18-66-26-78-77-19-17-50-28(2)29-9-12-33(44(55)56)36(20-29)42-34-13-10-31(47)21-37(34)69-38-22-32(48)11-14-35(38)42;2*1-4(2)3/h9-14,20-22,24,39-41,47,50H,2-6,15-19,23,25-27,48H2,1H3,(H,55,56)(H,62,63)(H,64,65)(H2,49,53,58)(H2,51,52,57)(H2,59,60,61);;/p+1/t39-,40-,41-,79?;;/m1../s1. The number of unbranched alkanes of at least 4 members (excludes halogenated alkanes) is 2. The van der Waals surface area contributed by atoms with E-state index < -0.39 is 96.9 Å². The SMILES string of the molecule is C=C(NCCSSCOCCCCCNC(=O)NCC#Cc1cn([C@H]2C[C@@H](OCS(=S)CC)[C@@H](COP(=O)(O)OP(=O)(O)OP(=O)(O)O)O2)c(=O)nc1N)c1ccc(C(=O)O)c(-c2c3ccc(=[NH2+])cc-3oc3cc(N)ccc23)c1.O=S(=O)=O.O=S(=O)=O. The summed E-state index contributed by atoms with van der Waals surface area (Å²) >= 11 is 5.33. The third-order valence-electron chi connectivity index (χ3n) is 11.2. The predicted molar refractivity (Wildman–Crippen MR) is 320 cm³/mol. The van der Waals surface area contributed by atoms with Crippen LogP contribution < -0.4 is 43.9 Å². The molecule has 2 amide bonds. The molecule has 87 heavy (non-hydrogen) atoms. The van der Waals surface area contributed by atoms with Gasteiger partial charge in [-0.15, -0.1) is 25.3 Å². The monoisotopic (exact) mass is 1390 g/mol. The number of hydrogen-bond acceptors (Lipinski definition) is 26. The van der Waals surface area contributed by atoms with Gasteiger partial charge >= 0.3 is 62.4 Å². The second-order valence-corrected chi connectivity index (χ2v) is 28.2. The van der Waals surface area contributed by atoms with Crippen LogP contribution in [-0.2, 0) is 82.9 Å². The number of carbonyl (C=O) groups is 2. The van der Waals surface area contributed by atoms with Crippen LogP contribution >= 0.6 is 45.1 Å². The van der Waals surface area contributed by atoms with Gasteiger partial charge in [-0.3, -0.25) is 14.5 Å². The van der Waals surface area contributed by atoms with Gasteiger partial charge in [-0.1, -0.05) is 62.5 Å². The van der Waals surface area contributed by atoms with Gasteiger partial charge in [0.15, 0.2) is 5.36 Å². The number of carboxylic acids is 1. The van der Waals surface area contributed by atoms with E-state index in [9.17, 15) is 43.0 Å². The number of ether oxygens (including phenoxy) is 3. The lowest BCUT2D eigenvalue weighted by Crippen LogP contribution is -2.44. The van der Waals surface area contributed by atoms with E-state index in [1.165, 1.54) is 6.20 Å². The zero-order valence-electron chi connectivity index (χ0n) is 45.3. The summed E-state index contributed by atoms with van der Waals surface area (Å²) in [5, 5.41) is 26.2. The Labute approximate surface area is 512 Å². The minimum atomic E-state index is -5.78. The second kappa shape index (κ2) is 35.4. The lowest BCUT2D eigenvalue weighted by atomic mass is 9.89. The Morgan fingerprint density at radius 1 is 0.920 bits per heavy atom. The van der Waals surface area contributed by atoms with E-state index in [0.717, 1.165) is 28.7 Å². The fraction of sp³-hybridized carbons (Fsp3) is 0.370. The number of aromatic nitrogens is 2. The van der Waals surface area contributed by atoms with Crippen LogP contribution in [0.3, 0.4) is 0 Å². The van der Waals surface area contributed by atoms with Crippen molar-refractivity contribution in [3.05, 3.63) is 99.9 Å². The first-order valence-electron chi connectivity index (χ1n) is 24.7. The summed E-state index contributed by atoms with van der Waals surface area (Å²) in [6, 6.07) is 15.1. The highest BCUT2D eigenvalue weighted by Crippen LogP contribution is 2.66. The van der Waals surface area contributed by atoms with Crippen LogP contribution in [0.15, 0.2) is 76.6 Å². The molecule has 0 bridgehead atoms. The number of benzene rings is 3. The number of aromatic carboxylic acids is 1. The molecule has 6 atom stereocenters. The topological polar surface area (TPSA) is 506 Å². The van der Waals surface area contributed by atoms with E-state index in [1.54, 1.807) is 58.0 Å². The van der Waals surface area contributed by atoms with Gasteiger partial charge in [-0.2, -0.15) is 13.6 Å². The van der Waals surface area contributed by atoms with Crippen LogP contribution in [-0.4, -0.2) is 140 Å². The fourth-order valence-electron chi connectivity index (χ4n) is 7.60. The van der Waals surface area contributed by atoms with Gasteiger partial charge in [0.2, 0.25) is 0 Å². The lowest BCUT2D eigenvalue weighted by Gasteiger charge is -2.21. The Kier molecular flexibility index (Phi) is 30.0. The van der Waals surface area contributed by atoms with E-state index in [2.05, 4.69) is 48.0 Å². The molecular weight excluding hydrogens is 1330 g/mol. The predicted octanol–water partition coefficient (Wildman–Crippen LogP) is 1.79. The summed E-state index contributed by atoms with van der Waals surface area (Å²) in [7, 11) is -20.6. The van der Waals surface area contributed by atoms with Crippen molar-refractivity contribution in [3.63, 3.8) is 0 Å². The molecule has 1 aliphatic carbocycles. The minimum Gasteiger partial charge on any atom is -0.478 e. The molecule has 3 unspecified atom stereocenters. The van der Waals surface area contributed by atoms with Gasteiger partial charge in [0.1, 0.15) is 35.4 Å². The molecule has 6 rings (SSSR count). The molecule has 0 spiro atoms. The van der Waals surface area contributed by atoms with Gasteiger partial charge in [0, 0.05) is 78.1 Å². The first-order valence-corrected chi connectivity index (χ1v) is 36.2. The molecule has 32 nitrogen and oxygen atoms in total. The summed E-state index contributed by atoms with van der Waals surface area (Å²) in [6.07, 6.45) is 0.220. The zero-order chi connectivity index (χ0) is 64.6. The van der Waals surface area contributed by atoms with Gasteiger partial charge in [-0.25, -0.2) is 28.1 Å². The van der Waals surface area contributed by atoms with E-state index in [4.69, 9.17) is 86.3 Å². The highest BCUT2D eigenvalue weighted by Gasteiger charge is 2.44. The van der Waals surface area contributed by atoms with E-state index in [-0.39, 0.29) is 35.8 Å². The van der Waals surface area contributed by atoms with Crippen LogP contribution in [0.25, 0.3) is 39.1 Å². The number of anilines is 2. The number of carboxylic acid groups (broad SMARTS) is 1. The van der Waals surface area contributed by atoms with Crippen LogP contribution in [0.2, 0.25) is 0 Å². The number of phosphoric acid groups is 3. The third kappa shape index (κ3) is 26.1. The molecule has 1 saturated heterocycles. The number of carbonyl (C=O) groups excluding carboxylic acids is 1. The van der Waals surface area contributed by atoms with Crippen molar-refractivity contribution in [2.45, 2.75) is 51.0 Å². The van der Waals surface area contributed by atoms with Crippen molar-refractivity contribution in [3.8, 4) is 34.3 Å². The van der Waals surface area contributed by atoms with Crippen LogP contribution in [0.4, 0.5) is 16.3 Å². The number of nitrogens with two attached hydrogens (primary N) is 3. The molecule has 3 aromatic rings. The first-order chi connectivity index (χ1) is 40.9. The van der Waals surface area contributed by atoms with E-state index in [0.29, 0.717) is 88.0 Å². The Hall–Kier alpha value is -5.75. The Balaban J connectivity index is 0.00000190. The number of nitrogen functional groups attached to an aromatic ring is 2. The van der Waals surface area contributed by atoms with Crippen LogP contribution in [0.1, 0.15) is 60.3 Å². The van der Waals surface area contributed by atoms with Gasteiger partial charge < -0.3 is 70.7 Å². The molecule has 3 aliphatic rings. The number of amides is 2. The summed E-state index contributed by atoms with van der Waals surface area (Å²) in [5.41, 5.74) is 15.6. The highest BCUT2D eigenvalue weighted by molar-refractivity contribution is 8.76. The third-order valence-corrected chi connectivity index (χ3v) is 19.1. The van der Waals surface area contributed by atoms with Crippen molar-refractivity contribution in [2.24, 2.45) is 0 Å². The zero-order valence-corrected chi connectivity index (χ0v) is 52.9. The highest BCUT2D eigenvalue weighted by atomic mass is 33.1. The van der Waals surface area contributed by atoms with Crippen molar-refractivity contribution >= 4 is 127 Å². The lowest BCUT2D eigenvalue weighted by molar-refractivity contribution is -0.172. The number of fused-ring (bicyclic) bond motifs is 2. The van der Waals surface area contributed by atoms with Crippen molar-refractivity contribution in [1.82, 2.24) is 25.5 Å². The fourth-order valence-corrected chi connectivity index (χ4v) is 12.9. The number of hydrogen-bond donors (Lipinski definition) is 11. The molecule has 476 valence electrons. The van der Waals surface area contributed by atoms with Gasteiger partial charge in [-0.05, 0) is 77.7 Å². The largest absolute Gasteiger partial charge is 0.490 e. The van der Waals surface area contributed by atoms with Crippen LogP contribution in [0, 0.1) is 11.8 Å².